The Morgan fingerprint density at radius 1 is 0.875 bits per heavy atom. The van der Waals surface area contributed by atoms with Crippen LogP contribution in [0.2, 0.25) is 0 Å². The number of carbonyl (C=O) groups is 4. The molecule has 0 unspecified atom stereocenters. The van der Waals surface area contributed by atoms with E-state index in [2.05, 4.69) is 5.32 Å². The maximum atomic E-state index is 11.9. The number of imide groups is 1. The summed E-state index contributed by atoms with van der Waals surface area (Å²) >= 11 is 0. The van der Waals surface area contributed by atoms with Crippen LogP contribution in [0.1, 0.15) is 27.6 Å². The quantitative estimate of drug-likeness (QED) is 0.447. The second-order valence-electron chi connectivity index (χ2n) is 5.00. The first-order valence-electron chi connectivity index (χ1n) is 7.00. The van der Waals surface area contributed by atoms with Gasteiger partial charge in [-0.2, -0.15) is 0 Å². The van der Waals surface area contributed by atoms with E-state index < -0.39 is 17.7 Å². The lowest BCUT2D eigenvalue weighted by Gasteiger charge is -2.07. The molecule has 2 aromatic carbocycles. The largest absolute Gasteiger partial charge is 0.399 e. The zero-order chi connectivity index (χ0) is 17.7. The van der Waals surface area contributed by atoms with Crippen LogP contribution < -0.4 is 16.4 Å². The van der Waals surface area contributed by atoms with Crippen molar-refractivity contribution in [2.75, 3.05) is 11.1 Å². The Kier molecular flexibility index (Phi) is 5.06. The molecular formula is C17H15N3O4. The minimum absolute atomic E-state index is 0.172. The second kappa shape index (κ2) is 7.19. The van der Waals surface area contributed by atoms with Gasteiger partial charge in [0.05, 0.1) is 0 Å². The van der Waals surface area contributed by atoms with Crippen molar-refractivity contribution in [3.63, 3.8) is 0 Å². The van der Waals surface area contributed by atoms with Crippen LogP contribution in [0.3, 0.4) is 0 Å². The van der Waals surface area contributed by atoms with Crippen LogP contribution in [-0.4, -0.2) is 23.5 Å². The van der Waals surface area contributed by atoms with Crippen LogP contribution in [0.5, 0.6) is 0 Å². The first-order chi connectivity index (χ1) is 11.4. The zero-order valence-electron chi connectivity index (χ0n) is 12.8. The monoisotopic (exact) mass is 325 g/mol. The Morgan fingerprint density at radius 2 is 1.54 bits per heavy atom. The van der Waals surface area contributed by atoms with Crippen LogP contribution in [0.15, 0.2) is 48.5 Å². The van der Waals surface area contributed by atoms with E-state index in [0.717, 1.165) is 0 Å². The fraction of sp³-hybridized carbons (Fsp3) is 0.0588. The van der Waals surface area contributed by atoms with Gasteiger partial charge in [0, 0.05) is 22.5 Å². The summed E-state index contributed by atoms with van der Waals surface area (Å²) in [6.07, 6.45) is 0. The van der Waals surface area contributed by atoms with Crippen molar-refractivity contribution >= 4 is 34.9 Å². The van der Waals surface area contributed by atoms with E-state index in [4.69, 9.17) is 5.73 Å². The molecule has 7 nitrogen and oxygen atoms in total. The fourth-order valence-electron chi connectivity index (χ4n) is 1.87. The van der Waals surface area contributed by atoms with Crippen molar-refractivity contribution in [2.45, 2.75) is 6.92 Å². The molecule has 2 aromatic rings. The smallest absolute Gasteiger partial charge is 0.316 e. The molecule has 122 valence electrons. The maximum Gasteiger partial charge on any atom is 0.316 e. The summed E-state index contributed by atoms with van der Waals surface area (Å²) in [7, 11) is 0. The van der Waals surface area contributed by atoms with Gasteiger partial charge < -0.3 is 11.1 Å². The SMILES string of the molecule is CC(=O)c1cccc(NC(=O)C(=O)NC(=O)c2ccc(N)cc2)c1. The lowest BCUT2D eigenvalue weighted by molar-refractivity contribution is -0.135. The summed E-state index contributed by atoms with van der Waals surface area (Å²) in [5.74, 6) is -3.01. The third-order valence-corrected chi connectivity index (χ3v) is 3.13. The Balaban J connectivity index is 2.00. The molecule has 0 fully saturated rings. The molecule has 0 aromatic heterocycles. The van der Waals surface area contributed by atoms with Crippen molar-refractivity contribution in [1.82, 2.24) is 5.32 Å². The van der Waals surface area contributed by atoms with E-state index in [9.17, 15) is 19.2 Å². The molecule has 0 heterocycles. The van der Waals surface area contributed by atoms with Crippen LogP contribution in [0, 0.1) is 0 Å². The Morgan fingerprint density at radius 3 is 2.17 bits per heavy atom. The lowest BCUT2D eigenvalue weighted by atomic mass is 10.1. The van der Waals surface area contributed by atoms with Crippen LogP contribution in [0.4, 0.5) is 11.4 Å². The Labute approximate surface area is 137 Å². The summed E-state index contributed by atoms with van der Waals surface area (Å²) in [6.45, 7) is 1.39. The number of nitrogen functional groups attached to an aromatic ring is 1. The summed E-state index contributed by atoms with van der Waals surface area (Å²) in [5.41, 5.74) is 6.86. The molecule has 0 bridgehead atoms. The molecule has 2 rings (SSSR count). The molecule has 0 aliphatic rings. The molecule has 0 saturated carbocycles. The third kappa shape index (κ3) is 4.26. The molecule has 4 N–H and O–H groups in total. The second-order valence-corrected chi connectivity index (χ2v) is 5.00. The number of ketones is 1. The number of hydrogen-bond donors (Lipinski definition) is 3. The number of nitrogens with one attached hydrogen (secondary N) is 2. The predicted molar refractivity (Wildman–Crippen MR) is 88.4 cm³/mol. The zero-order valence-corrected chi connectivity index (χ0v) is 12.8. The Hall–Kier alpha value is -3.48. The molecule has 7 heteroatoms. The van der Waals surface area contributed by atoms with Crippen LogP contribution in [0.25, 0.3) is 0 Å². The average Bonchev–Trinajstić information content (AvgIpc) is 2.55. The first kappa shape index (κ1) is 16.9. The first-order valence-corrected chi connectivity index (χ1v) is 7.00. The van der Waals surface area contributed by atoms with E-state index in [1.807, 2.05) is 5.32 Å². The van der Waals surface area contributed by atoms with Crippen molar-refractivity contribution in [2.24, 2.45) is 0 Å². The van der Waals surface area contributed by atoms with Crippen LogP contribution >= 0.6 is 0 Å². The number of nitrogens with two attached hydrogens (primary N) is 1. The Bertz CT molecular complexity index is 813. The summed E-state index contributed by atoms with van der Waals surface area (Å²) in [6, 6.07) is 12.0. The van der Waals surface area contributed by atoms with Gasteiger partial charge in [0.15, 0.2) is 5.78 Å². The average molecular weight is 325 g/mol. The fourth-order valence-corrected chi connectivity index (χ4v) is 1.87. The van der Waals surface area contributed by atoms with Gasteiger partial charge in [0.25, 0.3) is 5.91 Å². The van der Waals surface area contributed by atoms with Gasteiger partial charge >= 0.3 is 11.8 Å². The van der Waals surface area contributed by atoms with Gasteiger partial charge in [0.2, 0.25) is 0 Å². The number of benzene rings is 2. The third-order valence-electron chi connectivity index (χ3n) is 3.13. The van der Waals surface area contributed by atoms with E-state index in [1.54, 1.807) is 12.1 Å². The van der Waals surface area contributed by atoms with Gasteiger partial charge in [-0.25, -0.2) is 0 Å². The highest BCUT2D eigenvalue weighted by Gasteiger charge is 2.18. The number of Topliss-reactive ketones (excluding diaryl/α,β-unsaturated/α-hetero) is 1. The maximum absolute atomic E-state index is 11.9. The molecule has 0 saturated heterocycles. The van der Waals surface area contributed by atoms with E-state index in [1.165, 1.54) is 43.3 Å². The molecule has 0 radical (unpaired) electrons. The highest BCUT2D eigenvalue weighted by molar-refractivity contribution is 6.42. The van der Waals surface area contributed by atoms with E-state index in [0.29, 0.717) is 11.3 Å². The van der Waals surface area contributed by atoms with Gasteiger partial charge in [-0.1, -0.05) is 12.1 Å². The molecule has 0 spiro atoms. The summed E-state index contributed by atoms with van der Waals surface area (Å²) < 4.78 is 0. The molecule has 0 aliphatic carbocycles. The minimum Gasteiger partial charge on any atom is -0.399 e. The normalized spacial score (nSPS) is 9.88. The molecule has 0 aliphatic heterocycles. The topological polar surface area (TPSA) is 118 Å². The molecule has 24 heavy (non-hydrogen) atoms. The van der Waals surface area contributed by atoms with Crippen LogP contribution in [-0.2, 0) is 9.59 Å². The number of amides is 3. The molecular weight excluding hydrogens is 310 g/mol. The van der Waals surface area contributed by atoms with E-state index in [-0.39, 0.29) is 17.0 Å². The van der Waals surface area contributed by atoms with Gasteiger partial charge in [-0.3, -0.25) is 24.5 Å². The van der Waals surface area contributed by atoms with E-state index >= 15 is 0 Å². The number of hydrogen-bond acceptors (Lipinski definition) is 5. The van der Waals surface area contributed by atoms with Crippen molar-refractivity contribution in [3.8, 4) is 0 Å². The number of carbonyl (C=O) groups excluding carboxylic acids is 4. The molecule has 3 amide bonds. The number of rotatable bonds is 3. The highest BCUT2D eigenvalue weighted by atomic mass is 16.2. The summed E-state index contributed by atoms with van der Waals surface area (Å²) in [4.78, 5) is 46.8. The number of anilines is 2. The van der Waals surface area contributed by atoms with Gasteiger partial charge in [-0.15, -0.1) is 0 Å². The van der Waals surface area contributed by atoms with Crippen molar-refractivity contribution in [1.29, 1.82) is 0 Å². The van der Waals surface area contributed by atoms with Gasteiger partial charge in [0.1, 0.15) is 0 Å². The van der Waals surface area contributed by atoms with Crippen molar-refractivity contribution < 1.29 is 19.2 Å². The predicted octanol–water partition coefficient (Wildman–Crippen LogP) is 1.37. The highest BCUT2D eigenvalue weighted by Crippen LogP contribution is 2.11. The molecule has 0 atom stereocenters. The van der Waals surface area contributed by atoms with Gasteiger partial charge in [-0.05, 0) is 43.3 Å². The summed E-state index contributed by atoms with van der Waals surface area (Å²) in [5, 5.41) is 4.30. The minimum atomic E-state index is -1.11. The lowest BCUT2D eigenvalue weighted by Crippen LogP contribution is -2.39. The van der Waals surface area contributed by atoms with Crippen molar-refractivity contribution in [3.05, 3.63) is 59.7 Å². The standard InChI is InChI=1S/C17H15N3O4/c1-10(21)12-3-2-4-14(9-12)19-16(23)17(24)20-15(22)11-5-7-13(18)8-6-11/h2-9H,18H2,1H3,(H,19,23)(H,20,22,24).